The van der Waals surface area contributed by atoms with Gasteiger partial charge < -0.3 is 0 Å². The number of ketones is 1. The Kier molecular flexibility index (Phi) is 3.60. The zero-order chi connectivity index (χ0) is 12.4. The van der Waals surface area contributed by atoms with Crippen molar-refractivity contribution in [1.82, 2.24) is 4.98 Å². The molecule has 1 aromatic carbocycles. The van der Waals surface area contributed by atoms with Crippen LogP contribution in [-0.2, 0) is 0 Å². The monoisotopic (exact) mass is 265 g/mol. The van der Waals surface area contributed by atoms with Gasteiger partial charge >= 0.3 is 0 Å². The normalized spacial score (nSPS) is 10.5. The van der Waals surface area contributed by atoms with Crippen molar-refractivity contribution in [3.8, 4) is 10.6 Å². The maximum Gasteiger partial charge on any atom is 0.196 e. The quantitative estimate of drug-likeness (QED) is 0.623. The van der Waals surface area contributed by atoms with E-state index in [-0.39, 0.29) is 11.7 Å². The first-order chi connectivity index (χ1) is 8.13. The van der Waals surface area contributed by atoms with Crippen LogP contribution in [0.1, 0.15) is 21.6 Å². The van der Waals surface area contributed by atoms with Crippen LogP contribution in [0.2, 0.25) is 0 Å². The molecule has 0 saturated heterocycles. The zero-order valence-corrected chi connectivity index (χ0v) is 11.2. The van der Waals surface area contributed by atoms with Crippen LogP contribution >= 0.6 is 22.9 Å². The predicted octanol–water partition coefficient (Wildman–Crippen LogP) is 3.85. The van der Waals surface area contributed by atoms with E-state index < -0.39 is 0 Å². The largest absolute Gasteiger partial charge is 0.291 e. The van der Waals surface area contributed by atoms with E-state index >= 15 is 0 Å². The van der Waals surface area contributed by atoms with Crippen LogP contribution in [0.4, 0.5) is 0 Å². The van der Waals surface area contributed by atoms with Gasteiger partial charge in [-0.15, -0.1) is 22.9 Å². The molecule has 0 radical (unpaired) electrons. The minimum atomic E-state index is -0.125. The molecule has 0 aliphatic carbocycles. The molecule has 0 aliphatic heterocycles. The van der Waals surface area contributed by atoms with Gasteiger partial charge in [-0.3, -0.25) is 4.79 Å². The van der Waals surface area contributed by atoms with E-state index in [1.54, 1.807) is 5.38 Å². The van der Waals surface area contributed by atoms with Crippen molar-refractivity contribution in [1.29, 1.82) is 0 Å². The number of halogens is 1. The van der Waals surface area contributed by atoms with Gasteiger partial charge in [-0.1, -0.05) is 18.2 Å². The number of carbonyl (C=O) groups is 1. The first-order valence-electron chi connectivity index (χ1n) is 5.24. The van der Waals surface area contributed by atoms with E-state index in [0.717, 1.165) is 10.6 Å². The molecule has 0 aliphatic rings. The van der Waals surface area contributed by atoms with Gasteiger partial charge in [0.05, 0.1) is 5.88 Å². The Morgan fingerprint density at radius 2 is 2.18 bits per heavy atom. The highest BCUT2D eigenvalue weighted by molar-refractivity contribution is 7.13. The number of aryl methyl sites for hydroxylation is 1. The molecule has 2 aromatic rings. The number of alkyl halides is 1. The lowest BCUT2D eigenvalue weighted by molar-refractivity contribution is 0.101. The van der Waals surface area contributed by atoms with Crippen LogP contribution in [0.15, 0.2) is 23.6 Å². The maximum atomic E-state index is 11.4. The Morgan fingerprint density at radius 1 is 1.41 bits per heavy atom. The second-order valence-corrected chi connectivity index (χ2v) is 4.97. The molecular formula is C13H12ClNOS. The zero-order valence-electron chi connectivity index (χ0n) is 9.66. The molecular weight excluding hydrogens is 254 g/mol. The summed E-state index contributed by atoms with van der Waals surface area (Å²) in [5.41, 5.74) is 3.97. The lowest BCUT2D eigenvalue weighted by atomic mass is 10.0. The van der Waals surface area contributed by atoms with E-state index in [1.807, 2.05) is 12.1 Å². The number of carbonyl (C=O) groups excluding carboxylic acids is 1. The number of hydrogen-bond acceptors (Lipinski definition) is 3. The van der Waals surface area contributed by atoms with Crippen LogP contribution in [-0.4, -0.2) is 16.6 Å². The molecule has 0 atom stereocenters. The van der Waals surface area contributed by atoms with Gasteiger partial charge in [0.1, 0.15) is 10.7 Å². The topological polar surface area (TPSA) is 30.0 Å². The van der Waals surface area contributed by atoms with E-state index in [2.05, 4.69) is 24.9 Å². The number of Topliss-reactive ketones (excluding diaryl/α,β-unsaturated/α-hetero) is 1. The second kappa shape index (κ2) is 4.98. The van der Waals surface area contributed by atoms with Crippen molar-refractivity contribution in [3.63, 3.8) is 0 Å². The number of thiazole rings is 1. The summed E-state index contributed by atoms with van der Waals surface area (Å²) in [6.45, 7) is 4.13. The van der Waals surface area contributed by atoms with Gasteiger partial charge in [0, 0.05) is 10.9 Å². The van der Waals surface area contributed by atoms with E-state index in [1.165, 1.54) is 22.5 Å². The van der Waals surface area contributed by atoms with Crippen molar-refractivity contribution in [3.05, 3.63) is 40.4 Å². The summed E-state index contributed by atoms with van der Waals surface area (Å²) in [5, 5.41) is 2.64. The third-order valence-corrected chi connectivity index (χ3v) is 3.86. The molecule has 0 saturated carbocycles. The summed E-state index contributed by atoms with van der Waals surface area (Å²) >= 11 is 6.99. The third kappa shape index (κ3) is 2.40. The maximum absolute atomic E-state index is 11.4. The molecule has 1 aromatic heterocycles. The Labute approximate surface area is 109 Å². The molecule has 0 amide bonds. The Hall–Kier alpha value is -1.19. The highest BCUT2D eigenvalue weighted by Crippen LogP contribution is 2.28. The number of benzene rings is 1. The van der Waals surface area contributed by atoms with Crippen molar-refractivity contribution >= 4 is 28.7 Å². The first-order valence-corrected chi connectivity index (χ1v) is 6.66. The molecule has 2 nitrogen and oxygen atoms in total. The highest BCUT2D eigenvalue weighted by atomic mass is 35.5. The van der Waals surface area contributed by atoms with Gasteiger partial charge in [-0.05, 0) is 25.0 Å². The molecule has 0 fully saturated rings. The summed E-state index contributed by atoms with van der Waals surface area (Å²) in [6, 6.07) is 6.09. The van der Waals surface area contributed by atoms with Crippen LogP contribution in [0.25, 0.3) is 10.6 Å². The molecule has 0 bridgehead atoms. The Balaban J connectivity index is 2.44. The van der Waals surface area contributed by atoms with Crippen molar-refractivity contribution in [2.45, 2.75) is 13.8 Å². The smallest absolute Gasteiger partial charge is 0.196 e. The van der Waals surface area contributed by atoms with E-state index in [0.29, 0.717) is 5.69 Å². The fourth-order valence-electron chi connectivity index (χ4n) is 1.58. The highest BCUT2D eigenvalue weighted by Gasteiger charge is 2.12. The van der Waals surface area contributed by atoms with E-state index in [4.69, 9.17) is 11.6 Å². The van der Waals surface area contributed by atoms with Crippen LogP contribution in [0.3, 0.4) is 0 Å². The van der Waals surface area contributed by atoms with Crippen LogP contribution < -0.4 is 0 Å². The molecule has 4 heteroatoms. The Bertz CT molecular complexity index is 562. The fourth-order valence-corrected chi connectivity index (χ4v) is 2.62. The average Bonchev–Trinajstić information content (AvgIpc) is 2.81. The lowest BCUT2D eigenvalue weighted by Gasteiger charge is -2.04. The van der Waals surface area contributed by atoms with Crippen molar-refractivity contribution in [2.24, 2.45) is 0 Å². The van der Waals surface area contributed by atoms with Crippen LogP contribution in [0.5, 0.6) is 0 Å². The number of rotatable bonds is 3. The molecule has 17 heavy (non-hydrogen) atoms. The summed E-state index contributed by atoms with van der Waals surface area (Å²) in [7, 11) is 0. The molecule has 2 rings (SSSR count). The van der Waals surface area contributed by atoms with Gasteiger partial charge in [-0.25, -0.2) is 4.98 Å². The number of aromatic nitrogens is 1. The summed E-state index contributed by atoms with van der Waals surface area (Å²) in [6.07, 6.45) is 0. The third-order valence-electron chi connectivity index (χ3n) is 2.75. The number of hydrogen-bond donors (Lipinski definition) is 0. The van der Waals surface area contributed by atoms with Gasteiger partial charge in [0.15, 0.2) is 5.78 Å². The number of nitrogens with zero attached hydrogens (tertiary/aromatic N) is 1. The molecule has 88 valence electrons. The summed E-state index contributed by atoms with van der Waals surface area (Å²) in [4.78, 5) is 15.8. The molecule has 0 spiro atoms. The van der Waals surface area contributed by atoms with Gasteiger partial charge in [-0.2, -0.15) is 0 Å². The summed E-state index contributed by atoms with van der Waals surface area (Å²) in [5.74, 6) is -0.143. The molecule has 0 N–H and O–H groups in total. The Morgan fingerprint density at radius 3 is 2.88 bits per heavy atom. The van der Waals surface area contributed by atoms with Gasteiger partial charge in [0.25, 0.3) is 0 Å². The predicted molar refractivity (Wildman–Crippen MR) is 72.1 cm³/mol. The second-order valence-electron chi connectivity index (χ2n) is 3.84. The lowest BCUT2D eigenvalue weighted by Crippen LogP contribution is -2.00. The summed E-state index contributed by atoms with van der Waals surface area (Å²) < 4.78 is 0. The molecule has 0 unspecified atom stereocenters. The minimum absolute atomic E-state index is 0.0179. The van der Waals surface area contributed by atoms with Gasteiger partial charge in [0.2, 0.25) is 0 Å². The van der Waals surface area contributed by atoms with E-state index in [9.17, 15) is 4.79 Å². The van der Waals surface area contributed by atoms with Crippen molar-refractivity contribution in [2.75, 3.05) is 5.88 Å². The van der Waals surface area contributed by atoms with Crippen molar-refractivity contribution < 1.29 is 4.79 Å². The fraction of sp³-hybridized carbons (Fsp3) is 0.231. The average molecular weight is 266 g/mol. The minimum Gasteiger partial charge on any atom is -0.291 e. The molecule has 1 heterocycles. The standard InChI is InChI=1S/C13H12ClNOS/c1-8-4-3-5-10(9(8)2)13-15-11(7-17-13)12(16)6-14/h3-5,7H,6H2,1-2H3. The SMILES string of the molecule is Cc1cccc(-c2nc(C(=O)CCl)cs2)c1C. The first kappa shape index (κ1) is 12.3. The van der Waals surface area contributed by atoms with Crippen LogP contribution in [0, 0.1) is 13.8 Å².